The molecule has 0 amide bonds. The molecule has 0 aromatic rings. The van der Waals surface area contributed by atoms with Crippen LogP contribution in [0.3, 0.4) is 0 Å². The Hall–Kier alpha value is -0.120. The van der Waals surface area contributed by atoms with Crippen LogP contribution in [0.15, 0.2) is 0 Å². The van der Waals surface area contributed by atoms with E-state index < -0.39 is 0 Å². The van der Waals surface area contributed by atoms with E-state index in [-0.39, 0.29) is 0 Å². The molecule has 2 atom stereocenters. The maximum atomic E-state index is 3.55. The van der Waals surface area contributed by atoms with Crippen LogP contribution < -0.4 is 5.32 Å². The maximum absolute atomic E-state index is 3.55. The Morgan fingerprint density at radius 2 is 2.00 bits per heavy atom. The van der Waals surface area contributed by atoms with Gasteiger partial charge in [0.25, 0.3) is 0 Å². The summed E-state index contributed by atoms with van der Waals surface area (Å²) in [6.45, 7) is 11.4. The maximum Gasteiger partial charge on any atom is 0.0109 e. The van der Waals surface area contributed by atoms with E-state index in [2.05, 4.69) is 29.1 Å². The number of rotatable bonds is 7. The van der Waals surface area contributed by atoms with Gasteiger partial charge >= 0.3 is 0 Å². The third-order valence-corrected chi connectivity index (χ3v) is 5.10. The Labute approximate surface area is 119 Å². The minimum absolute atomic E-state index is 0.877. The average Bonchev–Trinajstić information content (AvgIpc) is 2.96. The van der Waals surface area contributed by atoms with Crippen molar-refractivity contribution in [3.8, 4) is 0 Å². The van der Waals surface area contributed by atoms with Crippen LogP contribution >= 0.6 is 0 Å². The largest absolute Gasteiger partial charge is 0.316 e. The summed E-state index contributed by atoms with van der Waals surface area (Å²) < 4.78 is 0. The van der Waals surface area contributed by atoms with Crippen molar-refractivity contribution in [3.05, 3.63) is 0 Å². The minimum atomic E-state index is 0.877. The Morgan fingerprint density at radius 1 is 1.21 bits per heavy atom. The number of piperidine rings is 1. The Morgan fingerprint density at radius 3 is 2.68 bits per heavy atom. The fraction of sp³-hybridized carbons (Fsp3) is 1.00. The van der Waals surface area contributed by atoms with Gasteiger partial charge in [-0.25, -0.2) is 0 Å². The lowest BCUT2D eigenvalue weighted by atomic mass is 9.85. The van der Waals surface area contributed by atoms with Crippen molar-refractivity contribution in [2.75, 3.05) is 52.9 Å². The molecule has 19 heavy (non-hydrogen) atoms. The molecule has 0 radical (unpaired) electrons. The highest BCUT2D eigenvalue weighted by Crippen LogP contribution is 2.22. The van der Waals surface area contributed by atoms with Crippen LogP contribution in [0.5, 0.6) is 0 Å². The molecule has 0 aromatic carbocycles. The summed E-state index contributed by atoms with van der Waals surface area (Å²) in [5.74, 6) is 1.79. The molecule has 1 N–H and O–H groups in total. The van der Waals surface area contributed by atoms with Crippen molar-refractivity contribution in [2.24, 2.45) is 11.8 Å². The second-order valence-electron chi connectivity index (χ2n) is 6.72. The van der Waals surface area contributed by atoms with Crippen LogP contribution in [0.1, 0.15) is 39.0 Å². The van der Waals surface area contributed by atoms with Crippen molar-refractivity contribution in [2.45, 2.75) is 39.0 Å². The summed E-state index contributed by atoms with van der Waals surface area (Å²) in [5, 5.41) is 3.55. The van der Waals surface area contributed by atoms with E-state index in [9.17, 15) is 0 Å². The molecule has 3 heteroatoms. The van der Waals surface area contributed by atoms with Gasteiger partial charge < -0.3 is 15.1 Å². The second kappa shape index (κ2) is 8.23. The van der Waals surface area contributed by atoms with E-state index in [0.717, 1.165) is 11.8 Å². The molecular formula is C16H33N3. The summed E-state index contributed by atoms with van der Waals surface area (Å²) in [4.78, 5) is 5.15. The Bertz CT molecular complexity index is 232. The van der Waals surface area contributed by atoms with Gasteiger partial charge in [-0.1, -0.05) is 6.92 Å². The Kier molecular flexibility index (Phi) is 6.62. The molecule has 2 rings (SSSR count). The smallest absolute Gasteiger partial charge is 0.0109 e. The van der Waals surface area contributed by atoms with Crippen molar-refractivity contribution in [3.63, 3.8) is 0 Å². The highest BCUT2D eigenvalue weighted by molar-refractivity contribution is 4.75. The monoisotopic (exact) mass is 267 g/mol. The van der Waals surface area contributed by atoms with E-state index in [4.69, 9.17) is 0 Å². The predicted octanol–water partition coefficient (Wildman–Crippen LogP) is 2.04. The number of hydrogen-bond donors (Lipinski definition) is 1. The van der Waals surface area contributed by atoms with E-state index in [1.165, 1.54) is 77.9 Å². The van der Waals surface area contributed by atoms with Crippen LogP contribution in [0.25, 0.3) is 0 Å². The van der Waals surface area contributed by atoms with Crippen molar-refractivity contribution < 1.29 is 0 Å². The minimum Gasteiger partial charge on any atom is -0.316 e. The fourth-order valence-electron chi connectivity index (χ4n) is 3.45. The summed E-state index contributed by atoms with van der Waals surface area (Å²) in [6, 6.07) is 0. The summed E-state index contributed by atoms with van der Waals surface area (Å²) in [6.07, 6.45) is 7.00. The van der Waals surface area contributed by atoms with Gasteiger partial charge in [0.05, 0.1) is 0 Å². The van der Waals surface area contributed by atoms with Gasteiger partial charge in [0.2, 0.25) is 0 Å². The van der Waals surface area contributed by atoms with Gasteiger partial charge in [-0.2, -0.15) is 0 Å². The highest BCUT2D eigenvalue weighted by Gasteiger charge is 2.20. The summed E-state index contributed by atoms with van der Waals surface area (Å²) >= 11 is 0. The highest BCUT2D eigenvalue weighted by atomic mass is 15.2. The Balaban J connectivity index is 1.55. The molecular weight excluding hydrogens is 234 g/mol. The first-order chi connectivity index (χ1) is 9.25. The first-order valence-electron chi connectivity index (χ1n) is 8.37. The molecule has 2 aliphatic heterocycles. The number of likely N-dealkylation sites (N-methyl/N-ethyl adjacent to an activating group) is 1. The predicted molar refractivity (Wildman–Crippen MR) is 82.5 cm³/mol. The topological polar surface area (TPSA) is 18.5 Å². The third-order valence-electron chi connectivity index (χ3n) is 5.10. The normalized spacial score (nSPS) is 27.0. The van der Waals surface area contributed by atoms with Crippen LogP contribution in [0.2, 0.25) is 0 Å². The molecule has 2 aliphatic rings. The zero-order valence-electron chi connectivity index (χ0n) is 13.0. The number of nitrogens with zero attached hydrogens (tertiary/aromatic N) is 2. The van der Waals surface area contributed by atoms with E-state index in [0.29, 0.717) is 0 Å². The molecule has 0 bridgehead atoms. The van der Waals surface area contributed by atoms with Crippen molar-refractivity contribution in [1.82, 2.24) is 15.1 Å². The molecule has 3 nitrogen and oxygen atoms in total. The molecule has 2 fully saturated rings. The lowest BCUT2D eigenvalue weighted by Crippen LogP contribution is -2.36. The van der Waals surface area contributed by atoms with Gasteiger partial charge in [0, 0.05) is 13.1 Å². The van der Waals surface area contributed by atoms with Gasteiger partial charge in [-0.3, -0.25) is 0 Å². The van der Waals surface area contributed by atoms with Crippen LogP contribution in [0, 0.1) is 11.8 Å². The summed E-state index contributed by atoms with van der Waals surface area (Å²) in [7, 11) is 2.29. The van der Waals surface area contributed by atoms with Crippen LogP contribution in [0.4, 0.5) is 0 Å². The zero-order valence-corrected chi connectivity index (χ0v) is 13.0. The third kappa shape index (κ3) is 5.41. The van der Waals surface area contributed by atoms with Gasteiger partial charge in [0.15, 0.2) is 0 Å². The van der Waals surface area contributed by atoms with Gasteiger partial charge in [0.1, 0.15) is 0 Å². The van der Waals surface area contributed by atoms with Crippen molar-refractivity contribution >= 4 is 0 Å². The van der Waals surface area contributed by atoms with Gasteiger partial charge in [-0.05, 0) is 83.7 Å². The summed E-state index contributed by atoms with van der Waals surface area (Å²) in [5.41, 5.74) is 0. The first-order valence-corrected chi connectivity index (χ1v) is 8.37. The average molecular weight is 267 g/mol. The fourth-order valence-corrected chi connectivity index (χ4v) is 3.45. The molecule has 2 unspecified atom stereocenters. The quantitative estimate of drug-likeness (QED) is 0.761. The molecule has 112 valence electrons. The second-order valence-corrected chi connectivity index (χ2v) is 6.72. The molecule has 0 aliphatic carbocycles. The lowest BCUT2D eigenvalue weighted by Gasteiger charge is -2.30. The van der Waals surface area contributed by atoms with Crippen LogP contribution in [-0.4, -0.2) is 62.7 Å². The number of nitrogens with one attached hydrogen (secondary N) is 1. The SMILES string of the molecule is CC(CCN(C)CCN1CCCC1)C1CCCNC1. The molecule has 2 heterocycles. The number of likely N-dealkylation sites (tertiary alicyclic amines) is 1. The lowest BCUT2D eigenvalue weighted by molar-refractivity contribution is 0.215. The number of hydrogen-bond acceptors (Lipinski definition) is 3. The van der Waals surface area contributed by atoms with Gasteiger partial charge in [-0.15, -0.1) is 0 Å². The van der Waals surface area contributed by atoms with Crippen LogP contribution in [-0.2, 0) is 0 Å². The first kappa shape index (κ1) is 15.3. The van der Waals surface area contributed by atoms with E-state index in [1.807, 2.05) is 0 Å². The zero-order chi connectivity index (χ0) is 13.5. The standard InChI is InChI=1S/C16H33N3/c1-15(16-6-5-8-17-14-16)7-11-18(2)12-13-19-9-3-4-10-19/h15-17H,3-14H2,1-2H3. The van der Waals surface area contributed by atoms with E-state index >= 15 is 0 Å². The van der Waals surface area contributed by atoms with Crippen molar-refractivity contribution in [1.29, 1.82) is 0 Å². The van der Waals surface area contributed by atoms with E-state index in [1.54, 1.807) is 0 Å². The molecule has 0 spiro atoms. The molecule has 0 saturated carbocycles. The molecule has 2 saturated heterocycles. The molecule has 0 aromatic heterocycles.